The molecule has 4 fully saturated rings. The first-order chi connectivity index (χ1) is 11.2. The Hall–Kier alpha value is -1.10. The summed E-state index contributed by atoms with van der Waals surface area (Å²) in [7, 11) is 0. The SMILES string of the molecule is O=C(CC1CCCCC1)N1CCN(C(=O)[C@@H]2C[C@H]3C[C@H]3N2)CC1. The van der Waals surface area contributed by atoms with Gasteiger partial charge in [-0.05, 0) is 37.5 Å². The first-order valence-electron chi connectivity index (χ1n) is 9.53. The number of piperidine rings is 1. The van der Waals surface area contributed by atoms with Crippen molar-refractivity contribution in [1.29, 1.82) is 0 Å². The molecular weight excluding hydrogens is 290 g/mol. The standard InChI is InChI=1S/C18H29N3O2/c22-17(10-13-4-2-1-3-5-13)20-6-8-21(9-7-20)18(23)16-12-14-11-15(14)19-16/h13-16,19H,1-12H2/t14-,15-,16+/m1/s1. The topological polar surface area (TPSA) is 52.7 Å². The number of amides is 2. The van der Waals surface area contributed by atoms with Gasteiger partial charge in [-0.25, -0.2) is 0 Å². The van der Waals surface area contributed by atoms with Gasteiger partial charge in [0.15, 0.2) is 0 Å². The maximum absolute atomic E-state index is 12.5. The van der Waals surface area contributed by atoms with E-state index in [2.05, 4.69) is 5.32 Å². The monoisotopic (exact) mass is 319 g/mol. The van der Waals surface area contributed by atoms with Gasteiger partial charge in [0.2, 0.25) is 11.8 Å². The molecule has 2 aliphatic carbocycles. The lowest BCUT2D eigenvalue weighted by molar-refractivity contribution is -0.141. The first kappa shape index (κ1) is 15.4. The molecule has 0 unspecified atom stereocenters. The van der Waals surface area contributed by atoms with E-state index in [1.54, 1.807) is 0 Å². The van der Waals surface area contributed by atoms with Gasteiger partial charge in [-0.1, -0.05) is 19.3 Å². The van der Waals surface area contributed by atoms with Gasteiger partial charge < -0.3 is 15.1 Å². The van der Waals surface area contributed by atoms with E-state index in [4.69, 9.17) is 0 Å². The highest BCUT2D eigenvalue weighted by atomic mass is 16.2. The van der Waals surface area contributed by atoms with Crippen LogP contribution in [0.4, 0.5) is 0 Å². The van der Waals surface area contributed by atoms with Crippen molar-refractivity contribution in [3.8, 4) is 0 Å². The van der Waals surface area contributed by atoms with Crippen molar-refractivity contribution in [2.45, 2.75) is 63.5 Å². The molecule has 0 bridgehead atoms. The predicted octanol–water partition coefficient (Wildman–Crippen LogP) is 1.38. The summed E-state index contributed by atoms with van der Waals surface area (Å²) in [5.74, 6) is 1.92. The Kier molecular flexibility index (Phi) is 4.31. The third-order valence-corrected chi connectivity index (χ3v) is 6.31. The lowest BCUT2D eigenvalue weighted by atomic mass is 9.86. The average Bonchev–Trinajstić information content (AvgIpc) is 3.21. The van der Waals surface area contributed by atoms with Crippen LogP contribution in [0.25, 0.3) is 0 Å². The lowest BCUT2D eigenvalue weighted by Crippen LogP contribution is -2.54. The zero-order chi connectivity index (χ0) is 15.8. The fourth-order valence-electron chi connectivity index (χ4n) is 4.68. The van der Waals surface area contributed by atoms with Gasteiger partial charge in [-0.2, -0.15) is 0 Å². The average molecular weight is 319 g/mol. The summed E-state index contributed by atoms with van der Waals surface area (Å²) in [6, 6.07) is 0.658. The number of hydrogen-bond acceptors (Lipinski definition) is 3. The number of fused-ring (bicyclic) bond motifs is 1. The summed E-state index contributed by atoms with van der Waals surface area (Å²) in [5, 5.41) is 3.44. The minimum absolute atomic E-state index is 0.0447. The maximum atomic E-state index is 12.5. The van der Waals surface area contributed by atoms with Crippen LogP contribution in [0.5, 0.6) is 0 Å². The number of nitrogens with one attached hydrogen (secondary N) is 1. The molecule has 0 aromatic heterocycles. The highest BCUT2D eigenvalue weighted by Gasteiger charge is 2.48. The summed E-state index contributed by atoms with van der Waals surface area (Å²) in [4.78, 5) is 28.9. The molecule has 0 aromatic rings. The highest BCUT2D eigenvalue weighted by Crippen LogP contribution is 2.41. The molecule has 4 rings (SSSR count). The zero-order valence-electron chi connectivity index (χ0n) is 14.0. The second kappa shape index (κ2) is 6.42. The van der Waals surface area contributed by atoms with E-state index in [1.807, 2.05) is 9.80 Å². The molecule has 5 nitrogen and oxygen atoms in total. The van der Waals surface area contributed by atoms with Gasteiger partial charge in [0.25, 0.3) is 0 Å². The second-order valence-corrected chi connectivity index (χ2v) is 7.97. The van der Waals surface area contributed by atoms with E-state index < -0.39 is 0 Å². The predicted molar refractivity (Wildman–Crippen MR) is 87.8 cm³/mol. The lowest BCUT2D eigenvalue weighted by Gasteiger charge is -2.37. The third kappa shape index (κ3) is 3.39. The molecule has 0 aromatic carbocycles. The third-order valence-electron chi connectivity index (χ3n) is 6.31. The number of piperazine rings is 1. The Labute approximate surface area is 138 Å². The summed E-state index contributed by atoms with van der Waals surface area (Å²) in [6.07, 6.45) is 9.36. The Morgan fingerprint density at radius 2 is 1.61 bits per heavy atom. The van der Waals surface area contributed by atoms with Gasteiger partial charge in [-0.15, -0.1) is 0 Å². The Balaban J connectivity index is 1.22. The smallest absolute Gasteiger partial charge is 0.239 e. The van der Waals surface area contributed by atoms with Crippen LogP contribution >= 0.6 is 0 Å². The fraction of sp³-hybridized carbons (Fsp3) is 0.889. The van der Waals surface area contributed by atoms with Gasteiger partial charge >= 0.3 is 0 Å². The van der Waals surface area contributed by atoms with Crippen LogP contribution in [0.3, 0.4) is 0 Å². The molecule has 2 heterocycles. The van der Waals surface area contributed by atoms with E-state index in [1.165, 1.54) is 38.5 Å². The molecule has 1 N–H and O–H groups in total. The molecule has 5 heteroatoms. The summed E-state index contributed by atoms with van der Waals surface area (Å²) >= 11 is 0. The van der Waals surface area contributed by atoms with Crippen LogP contribution < -0.4 is 5.32 Å². The van der Waals surface area contributed by atoms with E-state index in [9.17, 15) is 9.59 Å². The number of carbonyl (C=O) groups is 2. The number of rotatable bonds is 3. The Morgan fingerprint density at radius 3 is 2.26 bits per heavy atom. The van der Waals surface area contributed by atoms with Crippen LogP contribution in [-0.4, -0.2) is 59.9 Å². The minimum Gasteiger partial charge on any atom is -0.339 e. The molecular formula is C18H29N3O2. The summed E-state index contributed by atoms with van der Waals surface area (Å²) < 4.78 is 0. The summed E-state index contributed by atoms with van der Waals surface area (Å²) in [5.41, 5.74) is 0. The van der Waals surface area contributed by atoms with Crippen molar-refractivity contribution in [2.24, 2.45) is 11.8 Å². The zero-order valence-corrected chi connectivity index (χ0v) is 14.0. The molecule has 2 saturated heterocycles. The van der Waals surface area contributed by atoms with E-state index in [-0.39, 0.29) is 11.9 Å². The normalized spacial score (nSPS) is 34.3. The Morgan fingerprint density at radius 1 is 0.913 bits per heavy atom. The Bertz CT molecular complexity index is 457. The molecule has 2 aliphatic heterocycles. The van der Waals surface area contributed by atoms with Crippen molar-refractivity contribution in [3.63, 3.8) is 0 Å². The molecule has 3 atom stereocenters. The second-order valence-electron chi connectivity index (χ2n) is 7.97. The quantitative estimate of drug-likeness (QED) is 0.855. The fourth-order valence-corrected chi connectivity index (χ4v) is 4.68. The van der Waals surface area contributed by atoms with Crippen LogP contribution in [0.2, 0.25) is 0 Å². The summed E-state index contributed by atoms with van der Waals surface area (Å²) in [6.45, 7) is 2.86. The number of nitrogens with zero attached hydrogens (tertiary/aromatic N) is 2. The van der Waals surface area contributed by atoms with Crippen molar-refractivity contribution in [1.82, 2.24) is 15.1 Å². The molecule has 23 heavy (non-hydrogen) atoms. The maximum Gasteiger partial charge on any atom is 0.239 e. The van der Waals surface area contributed by atoms with Crippen molar-refractivity contribution in [3.05, 3.63) is 0 Å². The van der Waals surface area contributed by atoms with Crippen LogP contribution in [0, 0.1) is 11.8 Å². The van der Waals surface area contributed by atoms with Crippen molar-refractivity contribution >= 4 is 11.8 Å². The van der Waals surface area contributed by atoms with Gasteiger partial charge in [0.1, 0.15) is 0 Å². The van der Waals surface area contributed by atoms with Crippen LogP contribution in [0.15, 0.2) is 0 Å². The molecule has 2 amide bonds. The van der Waals surface area contributed by atoms with E-state index in [0.29, 0.717) is 31.0 Å². The van der Waals surface area contributed by atoms with E-state index in [0.717, 1.165) is 31.8 Å². The van der Waals surface area contributed by atoms with Crippen molar-refractivity contribution in [2.75, 3.05) is 26.2 Å². The number of carbonyl (C=O) groups excluding carboxylic acids is 2. The van der Waals surface area contributed by atoms with Crippen LogP contribution in [-0.2, 0) is 9.59 Å². The van der Waals surface area contributed by atoms with E-state index >= 15 is 0 Å². The minimum atomic E-state index is 0.0447. The molecule has 0 spiro atoms. The van der Waals surface area contributed by atoms with Gasteiger partial charge in [0, 0.05) is 38.6 Å². The molecule has 4 aliphatic rings. The molecule has 0 radical (unpaired) electrons. The highest BCUT2D eigenvalue weighted by molar-refractivity contribution is 5.83. The largest absolute Gasteiger partial charge is 0.339 e. The molecule has 2 saturated carbocycles. The molecule has 128 valence electrons. The first-order valence-corrected chi connectivity index (χ1v) is 9.53. The van der Waals surface area contributed by atoms with Crippen LogP contribution in [0.1, 0.15) is 51.4 Å². The number of hydrogen-bond donors (Lipinski definition) is 1. The van der Waals surface area contributed by atoms with Gasteiger partial charge in [0.05, 0.1) is 6.04 Å². The van der Waals surface area contributed by atoms with Crippen molar-refractivity contribution < 1.29 is 9.59 Å². The van der Waals surface area contributed by atoms with Gasteiger partial charge in [-0.3, -0.25) is 9.59 Å².